The maximum atomic E-state index is 12.9. The molecule has 0 amide bonds. The molecule has 0 saturated carbocycles. The van der Waals surface area contributed by atoms with E-state index in [0.717, 1.165) is 20.1 Å². The Morgan fingerprint density at radius 3 is 2.66 bits per heavy atom. The maximum absolute atomic E-state index is 12.9. The number of aromatic nitrogens is 2. The van der Waals surface area contributed by atoms with Crippen LogP contribution in [0.2, 0.25) is 10.0 Å². The van der Waals surface area contributed by atoms with Gasteiger partial charge in [0.2, 0.25) is 0 Å². The fourth-order valence-corrected chi connectivity index (χ4v) is 4.36. The third-order valence-electron chi connectivity index (χ3n) is 4.65. The SMILES string of the molecule is Cc1nc2ccc(Br)cc2c(=O)n1N=Cc1ccc(OCc2ccc(Cl)cc2Cl)c(Br)c1. The first kappa shape index (κ1) is 23.0. The normalized spacial score (nSPS) is 11.4. The number of benzene rings is 3. The highest BCUT2D eigenvalue weighted by Gasteiger charge is 2.09. The zero-order chi connectivity index (χ0) is 22.8. The first-order valence-corrected chi connectivity index (χ1v) is 11.8. The van der Waals surface area contributed by atoms with Crippen LogP contribution < -0.4 is 10.3 Å². The minimum Gasteiger partial charge on any atom is -0.488 e. The van der Waals surface area contributed by atoms with Gasteiger partial charge in [0.1, 0.15) is 18.2 Å². The molecule has 3 aromatic carbocycles. The van der Waals surface area contributed by atoms with Gasteiger partial charge in [-0.2, -0.15) is 9.78 Å². The molecular formula is C23H15Br2Cl2N3O2. The lowest BCUT2D eigenvalue weighted by molar-refractivity contribution is 0.304. The van der Waals surface area contributed by atoms with Gasteiger partial charge < -0.3 is 4.74 Å². The molecule has 0 fully saturated rings. The Morgan fingerprint density at radius 2 is 1.91 bits per heavy atom. The fraction of sp³-hybridized carbons (Fsp3) is 0.0870. The van der Waals surface area contributed by atoms with E-state index in [9.17, 15) is 4.79 Å². The summed E-state index contributed by atoms with van der Waals surface area (Å²) >= 11 is 19.0. The molecule has 0 unspecified atom stereocenters. The second-order valence-corrected chi connectivity index (χ2v) is 9.51. The van der Waals surface area contributed by atoms with Gasteiger partial charge in [-0.1, -0.05) is 45.2 Å². The predicted molar refractivity (Wildman–Crippen MR) is 136 cm³/mol. The molecule has 1 aromatic heterocycles. The van der Waals surface area contributed by atoms with E-state index in [2.05, 4.69) is 41.9 Å². The fourth-order valence-electron chi connectivity index (χ4n) is 3.03. The number of hydrogen-bond donors (Lipinski definition) is 0. The largest absolute Gasteiger partial charge is 0.488 e. The molecule has 4 aromatic rings. The number of fused-ring (bicyclic) bond motifs is 1. The van der Waals surface area contributed by atoms with Crippen LogP contribution in [0.15, 0.2) is 73.4 Å². The van der Waals surface area contributed by atoms with Crippen LogP contribution in [0.25, 0.3) is 10.9 Å². The van der Waals surface area contributed by atoms with Gasteiger partial charge in [0, 0.05) is 20.1 Å². The average Bonchev–Trinajstić information content (AvgIpc) is 2.74. The van der Waals surface area contributed by atoms with Crippen molar-refractivity contribution in [3.8, 4) is 5.75 Å². The lowest BCUT2D eigenvalue weighted by atomic mass is 10.2. The van der Waals surface area contributed by atoms with E-state index in [0.29, 0.717) is 39.1 Å². The zero-order valence-electron chi connectivity index (χ0n) is 16.7. The molecule has 0 saturated heterocycles. The van der Waals surface area contributed by atoms with Crippen LogP contribution in [-0.2, 0) is 6.61 Å². The minimum absolute atomic E-state index is 0.232. The highest BCUT2D eigenvalue weighted by atomic mass is 79.9. The molecule has 0 spiro atoms. The number of rotatable bonds is 5. The van der Waals surface area contributed by atoms with Gasteiger partial charge in [-0.25, -0.2) is 4.98 Å². The zero-order valence-corrected chi connectivity index (χ0v) is 21.3. The lowest BCUT2D eigenvalue weighted by Crippen LogP contribution is -2.20. The van der Waals surface area contributed by atoms with Crippen molar-refractivity contribution >= 4 is 72.2 Å². The first-order valence-electron chi connectivity index (χ1n) is 9.41. The molecule has 9 heteroatoms. The van der Waals surface area contributed by atoms with Crippen molar-refractivity contribution in [2.75, 3.05) is 0 Å². The summed E-state index contributed by atoms with van der Waals surface area (Å²) in [5.41, 5.74) is 2.02. The van der Waals surface area contributed by atoms with Gasteiger partial charge in [0.05, 0.1) is 21.6 Å². The van der Waals surface area contributed by atoms with E-state index in [1.54, 1.807) is 37.4 Å². The van der Waals surface area contributed by atoms with Crippen molar-refractivity contribution in [3.63, 3.8) is 0 Å². The van der Waals surface area contributed by atoms with Gasteiger partial charge in [-0.3, -0.25) is 4.79 Å². The van der Waals surface area contributed by atoms with Gasteiger partial charge in [0.15, 0.2) is 0 Å². The third-order valence-corrected chi connectivity index (χ3v) is 6.35. The van der Waals surface area contributed by atoms with Gasteiger partial charge in [0.25, 0.3) is 5.56 Å². The van der Waals surface area contributed by atoms with Crippen molar-refractivity contribution in [2.24, 2.45) is 5.10 Å². The van der Waals surface area contributed by atoms with Crippen molar-refractivity contribution in [1.82, 2.24) is 9.66 Å². The number of ether oxygens (including phenoxy) is 1. The van der Waals surface area contributed by atoms with E-state index in [1.807, 2.05) is 30.3 Å². The topological polar surface area (TPSA) is 56.5 Å². The van der Waals surface area contributed by atoms with Crippen molar-refractivity contribution in [2.45, 2.75) is 13.5 Å². The quantitative estimate of drug-likeness (QED) is 0.234. The van der Waals surface area contributed by atoms with Crippen molar-refractivity contribution < 1.29 is 4.74 Å². The van der Waals surface area contributed by atoms with E-state index < -0.39 is 0 Å². The minimum atomic E-state index is -0.232. The summed E-state index contributed by atoms with van der Waals surface area (Å²) < 4.78 is 8.71. The van der Waals surface area contributed by atoms with Crippen LogP contribution in [0, 0.1) is 6.92 Å². The molecule has 0 bridgehead atoms. The first-order chi connectivity index (χ1) is 15.3. The van der Waals surface area contributed by atoms with Gasteiger partial charge in [-0.15, -0.1) is 0 Å². The van der Waals surface area contributed by atoms with E-state index in [4.69, 9.17) is 27.9 Å². The van der Waals surface area contributed by atoms with Crippen LogP contribution >= 0.6 is 55.1 Å². The number of aryl methyl sites for hydroxylation is 1. The molecule has 1 heterocycles. The standard InChI is InChI=1S/C23H15Br2Cl2N3O2/c1-13-29-21-6-4-16(24)9-18(21)23(31)30(13)28-11-14-2-7-22(19(25)8-14)32-12-15-3-5-17(26)10-20(15)27/h2-11H,12H2,1H3. The molecule has 0 aliphatic carbocycles. The second-order valence-electron chi connectivity index (χ2n) is 6.90. The molecule has 4 rings (SSSR count). The summed E-state index contributed by atoms with van der Waals surface area (Å²) in [6.07, 6.45) is 1.60. The van der Waals surface area contributed by atoms with Crippen LogP contribution in [-0.4, -0.2) is 15.9 Å². The average molecular weight is 596 g/mol. The summed E-state index contributed by atoms with van der Waals surface area (Å²) in [5, 5.41) is 5.97. The van der Waals surface area contributed by atoms with Crippen LogP contribution in [0.4, 0.5) is 0 Å². The summed E-state index contributed by atoms with van der Waals surface area (Å²) in [6.45, 7) is 2.05. The lowest BCUT2D eigenvalue weighted by Gasteiger charge is -2.10. The Labute approximate surface area is 210 Å². The molecule has 0 N–H and O–H groups in total. The summed E-state index contributed by atoms with van der Waals surface area (Å²) in [5.74, 6) is 1.15. The Bertz CT molecular complexity index is 1420. The van der Waals surface area contributed by atoms with Gasteiger partial charge in [-0.05, 0) is 76.9 Å². The molecular weight excluding hydrogens is 581 g/mol. The molecule has 162 valence electrons. The predicted octanol–water partition coefficient (Wildman–Crippen LogP) is 7.00. The monoisotopic (exact) mass is 593 g/mol. The molecule has 5 nitrogen and oxygen atoms in total. The molecule has 32 heavy (non-hydrogen) atoms. The van der Waals surface area contributed by atoms with Crippen LogP contribution in [0.5, 0.6) is 5.75 Å². The van der Waals surface area contributed by atoms with Gasteiger partial charge >= 0.3 is 0 Å². The van der Waals surface area contributed by atoms with Crippen LogP contribution in [0.3, 0.4) is 0 Å². The second kappa shape index (κ2) is 9.75. The van der Waals surface area contributed by atoms with E-state index >= 15 is 0 Å². The summed E-state index contributed by atoms with van der Waals surface area (Å²) in [4.78, 5) is 17.3. The maximum Gasteiger partial charge on any atom is 0.282 e. The highest BCUT2D eigenvalue weighted by molar-refractivity contribution is 9.10. The van der Waals surface area contributed by atoms with Crippen molar-refractivity contribution in [3.05, 3.63) is 101 Å². The Balaban J connectivity index is 1.55. The number of nitrogens with zero attached hydrogens (tertiary/aromatic N) is 3. The number of halogens is 4. The molecule has 0 atom stereocenters. The Hall–Kier alpha value is -2.19. The van der Waals surface area contributed by atoms with E-state index in [1.165, 1.54) is 4.68 Å². The molecule has 0 aliphatic rings. The summed E-state index contributed by atoms with van der Waals surface area (Å²) in [6, 6.07) is 16.2. The number of hydrogen-bond acceptors (Lipinski definition) is 4. The Kier molecular flexibility index (Phi) is 7.00. The molecule has 0 aliphatic heterocycles. The smallest absolute Gasteiger partial charge is 0.282 e. The van der Waals surface area contributed by atoms with Crippen molar-refractivity contribution in [1.29, 1.82) is 0 Å². The summed E-state index contributed by atoms with van der Waals surface area (Å²) in [7, 11) is 0. The third kappa shape index (κ3) is 5.07. The van der Waals surface area contributed by atoms with Crippen LogP contribution in [0.1, 0.15) is 17.0 Å². The Morgan fingerprint density at radius 1 is 1.09 bits per heavy atom. The molecule has 0 radical (unpaired) electrons. The van der Waals surface area contributed by atoms with E-state index in [-0.39, 0.29) is 5.56 Å². The highest BCUT2D eigenvalue weighted by Crippen LogP contribution is 2.28.